The third kappa shape index (κ3) is 3.07. The molecule has 0 atom stereocenters. The number of halogens is 4. The molecule has 1 aromatic heterocycles. The number of aromatic amines is 1. The molecular weight excluding hydrogens is 388 g/mol. The van der Waals surface area contributed by atoms with E-state index in [0.717, 1.165) is 5.56 Å². The zero-order chi connectivity index (χ0) is 17.4. The summed E-state index contributed by atoms with van der Waals surface area (Å²) in [5.41, 5.74) is 2.58. The molecule has 1 N–H and O–H groups in total. The van der Waals surface area contributed by atoms with Crippen LogP contribution < -0.4 is 5.56 Å². The van der Waals surface area contributed by atoms with Gasteiger partial charge in [0.1, 0.15) is 0 Å². The van der Waals surface area contributed by atoms with Gasteiger partial charge in [0.15, 0.2) is 0 Å². The van der Waals surface area contributed by atoms with Crippen molar-refractivity contribution in [3.8, 4) is 22.3 Å². The van der Waals surface area contributed by atoms with Crippen molar-refractivity contribution < 1.29 is 0 Å². The van der Waals surface area contributed by atoms with Crippen molar-refractivity contribution in [2.75, 3.05) is 0 Å². The molecule has 0 spiro atoms. The van der Waals surface area contributed by atoms with Gasteiger partial charge in [-0.15, -0.1) is 0 Å². The van der Waals surface area contributed by atoms with E-state index in [-0.39, 0.29) is 5.56 Å². The van der Waals surface area contributed by atoms with Crippen LogP contribution in [0.4, 0.5) is 0 Å². The van der Waals surface area contributed by atoms with Crippen LogP contribution >= 0.6 is 46.4 Å². The minimum atomic E-state index is -0.283. The molecule has 24 heavy (non-hydrogen) atoms. The largest absolute Gasteiger partial charge is 0.325 e. The summed E-state index contributed by atoms with van der Waals surface area (Å²) in [5.74, 6) is 0. The van der Waals surface area contributed by atoms with Gasteiger partial charge in [0.25, 0.3) is 5.56 Å². The van der Waals surface area contributed by atoms with Gasteiger partial charge in [-0.25, -0.2) is 0 Å². The zero-order valence-corrected chi connectivity index (χ0v) is 15.5. The summed E-state index contributed by atoms with van der Waals surface area (Å²) in [6.07, 6.45) is 0. The lowest BCUT2D eigenvalue weighted by Gasteiger charge is -2.13. The molecule has 0 saturated carbocycles. The summed E-state index contributed by atoms with van der Waals surface area (Å²) >= 11 is 25.1. The fourth-order valence-corrected chi connectivity index (χ4v) is 3.78. The monoisotopic (exact) mass is 397 g/mol. The van der Waals surface area contributed by atoms with Gasteiger partial charge >= 0.3 is 0 Å². The first-order chi connectivity index (χ1) is 11.4. The van der Waals surface area contributed by atoms with Crippen molar-refractivity contribution in [2.24, 2.45) is 0 Å². The second-order valence-corrected chi connectivity index (χ2v) is 6.87. The maximum absolute atomic E-state index is 12.5. The molecule has 0 aliphatic rings. The number of hydrogen-bond acceptors (Lipinski definition) is 1. The number of pyridine rings is 1. The Hall–Kier alpha value is -1.45. The number of hydrogen-bond donors (Lipinski definition) is 1. The molecule has 0 aliphatic heterocycles. The average molecular weight is 399 g/mol. The third-order valence-electron chi connectivity index (χ3n) is 3.70. The molecule has 0 unspecified atom stereocenters. The van der Waals surface area contributed by atoms with Gasteiger partial charge in [-0.3, -0.25) is 4.79 Å². The van der Waals surface area contributed by atoms with Crippen molar-refractivity contribution in [3.63, 3.8) is 0 Å². The molecule has 0 aliphatic carbocycles. The number of H-pyrrole nitrogens is 1. The smallest absolute Gasteiger partial charge is 0.256 e. The molecular formula is C18H11Cl4NO. The minimum Gasteiger partial charge on any atom is -0.325 e. The first kappa shape index (κ1) is 17.4. The topological polar surface area (TPSA) is 32.9 Å². The normalized spacial score (nSPS) is 10.9. The summed E-state index contributed by atoms with van der Waals surface area (Å²) in [4.78, 5) is 15.3. The molecule has 0 fully saturated rings. The highest BCUT2D eigenvalue weighted by Crippen LogP contribution is 2.39. The molecule has 3 aromatic rings. The van der Waals surface area contributed by atoms with Gasteiger partial charge in [0.05, 0.1) is 15.6 Å². The highest BCUT2D eigenvalue weighted by Gasteiger charge is 2.17. The Kier molecular flexibility index (Phi) is 4.93. The van der Waals surface area contributed by atoms with E-state index in [1.807, 2.05) is 0 Å². The average Bonchev–Trinajstić information content (AvgIpc) is 2.50. The molecule has 0 radical (unpaired) electrons. The lowest BCUT2D eigenvalue weighted by Crippen LogP contribution is -2.12. The SMILES string of the molecule is Cc1[nH]c(=O)c(-c2c(Cl)cccc2Cl)cc1-c1c(Cl)cccc1Cl. The predicted octanol–water partition coefficient (Wildman–Crippen LogP) is 6.63. The number of nitrogens with one attached hydrogen (secondary N) is 1. The van der Waals surface area contributed by atoms with E-state index >= 15 is 0 Å². The fourth-order valence-electron chi connectivity index (χ4n) is 2.58. The van der Waals surface area contributed by atoms with Crippen molar-refractivity contribution in [1.29, 1.82) is 0 Å². The van der Waals surface area contributed by atoms with Crippen molar-refractivity contribution in [1.82, 2.24) is 4.98 Å². The summed E-state index contributed by atoms with van der Waals surface area (Å²) in [6, 6.07) is 12.1. The molecule has 2 nitrogen and oxygen atoms in total. The van der Waals surface area contributed by atoms with Crippen LogP contribution in [-0.4, -0.2) is 4.98 Å². The van der Waals surface area contributed by atoms with E-state index in [1.165, 1.54) is 0 Å². The van der Waals surface area contributed by atoms with Gasteiger partial charge in [-0.2, -0.15) is 0 Å². The molecule has 0 bridgehead atoms. The molecule has 122 valence electrons. The van der Waals surface area contributed by atoms with Crippen LogP contribution in [0, 0.1) is 6.92 Å². The standard InChI is InChI=1S/C18H11Cl4NO/c1-9-10(16-12(19)4-2-5-13(16)20)8-11(18(24)23-9)17-14(21)6-3-7-15(17)22/h2-8H,1H3,(H,23,24). The predicted molar refractivity (Wildman–Crippen MR) is 103 cm³/mol. The highest BCUT2D eigenvalue weighted by atomic mass is 35.5. The van der Waals surface area contributed by atoms with Gasteiger partial charge < -0.3 is 4.98 Å². The maximum atomic E-state index is 12.5. The first-order valence-corrected chi connectivity index (χ1v) is 8.54. The van der Waals surface area contributed by atoms with Crippen LogP contribution in [0.1, 0.15) is 5.69 Å². The Morgan fingerprint density at radius 1 is 0.750 bits per heavy atom. The number of rotatable bonds is 2. The van der Waals surface area contributed by atoms with E-state index in [2.05, 4.69) is 4.98 Å². The van der Waals surface area contributed by atoms with E-state index in [0.29, 0.717) is 42.5 Å². The van der Waals surface area contributed by atoms with E-state index in [9.17, 15) is 4.79 Å². The van der Waals surface area contributed by atoms with Crippen LogP contribution in [0.25, 0.3) is 22.3 Å². The fraction of sp³-hybridized carbons (Fsp3) is 0.0556. The molecule has 6 heteroatoms. The Morgan fingerprint density at radius 3 is 1.62 bits per heavy atom. The molecule has 0 amide bonds. The Labute approximate surface area is 159 Å². The maximum Gasteiger partial charge on any atom is 0.256 e. The van der Waals surface area contributed by atoms with Crippen LogP contribution in [0.3, 0.4) is 0 Å². The summed E-state index contributed by atoms with van der Waals surface area (Å²) in [5, 5.41) is 1.78. The molecule has 2 aromatic carbocycles. The van der Waals surface area contributed by atoms with Crippen LogP contribution in [0.5, 0.6) is 0 Å². The van der Waals surface area contributed by atoms with Crippen LogP contribution in [-0.2, 0) is 0 Å². The van der Waals surface area contributed by atoms with Gasteiger partial charge in [0, 0.05) is 32.4 Å². The lowest BCUT2D eigenvalue weighted by atomic mass is 9.99. The second-order valence-electron chi connectivity index (χ2n) is 5.24. The number of aromatic nitrogens is 1. The lowest BCUT2D eigenvalue weighted by molar-refractivity contribution is 1.15. The molecule has 1 heterocycles. The van der Waals surface area contributed by atoms with Crippen molar-refractivity contribution in [3.05, 3.63) is 78.6 Å². The Balaban J connectivity index is 2.35. The Bertz CT molecular complexity index is 954. The van der Waals surface area contributed by atoms with Gasteiger partial charge in [-0.1, -0.05) is 58.5 Å². The van der Waals surface area contributed by atoms with E-state index in [4.69, 9.17) is 46.4 Å². The molecule has 0 saturated heterocycles. The first-order valence-electron chi connectivity index (χ1n) is 7.03. The Morgan fingerprint density at radius 2 is 1.17 bits per heavy atom. The third-order valence-corrected chi connectivity index (χ3v) is 4.96. The van der Waals surface area contributed by atoms with Gasteiger partial charge in [-0.05, 0) is 37.3 Å². The van der Waals surface area contributed by atoms with Crippen molar-refractivity contribution >= 4 is 46.4 Å². The van der Waals surface area contributed by atoms with Gasteiger partial charge in [0.2, 0.25) is 0 Å². The molecule has 3 rings (SSSR count). The van der Waals surface area contributed by atoms with E-state index in [1.54, 1.807) is 49.4 Å². The van der Waals surface area contributed by atoms with Crippen molar-refractivity contribution in [2.45, 2.75) is 6.92 Å². The zero-order valence-electron chi connectivity index (χ0n) is 12.5. The minimum absolute atomic E-state index is 0.283. The van der Waals surface area contributed by atoms with E-state index < -0.39 is 0 Å². The summed E-state index contributed by atoms with van der Waals surface area (Å²) in [7, 11) is 0. The second kappa shape index (κ2) is 6.81. The highest BCUT2D eigenvalue weighted by molar-refractivity contribution is 6.40. The number of aryl methyl sites for hydroxylation is 1. The number of benzene rings is 2. The summed E-state index contributed by atoms with van der Waals surface area (Å²) < 4.78 is 0. The summed E-state index contributed by atoms with van der Waals surface area (Å²) in [6.45, 7) is 1.79. The van der Waals surface area contributed by atoms with Crippen LogP contribution in [0.15, 0.2) is 47.3 Å². The van der Waals surface area contributed by atoms with Crippen LogP contribution in [0.2, 0.25) is 20.1 Å². The quantitative estimate of drug-likeness (QED) is 0.516.